The van der Waals surface area contributed by atoms with Gasteiger partial charge in [0, 0.05) is 0 Å². The number of rotatable bonds is 3. The van der Waals surface area contributed by atoms with Crippen LogP contribution in [0.3, 0.4) is 0 Å². The van der Waals surface area contributed by atoms with Crippen LogP contribution in [0.15, 0.2) is 30.3 Å². The third-order valence-corrected chi connectivity index (χ3v) is 1.83. The summed E-state index contributed by atoms with van der Waals surface area (Å²) in [5.74, 6) is -0.355. The van der Waals surface area contributed by atoms with Gasteiger partial charge >= 0.3 is 0 Å². The molecule has 1 unspecified atom stereocenters. The molecule has 0 amide bonds. The number of Topliss-reactive ketones (excluding diaryl/α,β-unsaturated/α-hetero) is 1. The van der Waals surface area contributed by atoms with Gasteiger partial charge in [0.25, 0.3) is 0 Å². The molecule has 0 saturated carbocycles. The van der Waals surface area contributed by atoms with Gasteiger partial charge in [-0.15, -0.1) is 0 Å². The van der Waals surface area contributed by atoms with Crippen molar-refractivity contribution >= 4 is 5.78 Å². The lowest BCUT2D eigenvalue weighted by atomic mass is 10.0. The molecule has 0 aromatic heterocycles. The predicted molar refractivity (Wildman–Crippen MR) is 50.1 cm³/mol. The third-order valence-electron chi connectivity index (χ3n) is 1.83. The Kier molecular flexibility index (Phi) is 3.17. The highest BCUT2D eigenvalue weighted by Gasteiger charge is 2.19. The Morgan fingerprint density at radius 1 is 1.38 bits per heavy atom. The van der Waals surface area contributed by atoms with E-state index in [1.807, 2.05) is 6.07 Å². The summed E-state index contributed by atoms with van der Waals surface area (Å²) in [4.78, 5) is 11.3. The van der Waals surface area contributed by atoms with E-state index in [1.165, 1.54) is 0 Å². The maximum atomic E-state index is 11.3. The van der Waals surface area contributed by atoms with E-state index in [4.69, 9.17) is 5.73 Å². The van der Waals surface area contributed by atoms with Gasteiger partial charge in [-0.25, -0.2) is 0 Å². The van der Waals surface area contributed by atoms with Gasteiger partial charge < -0.3 is 10.8 Å². The monoisotopic (exact) mass is 179 g/mol. The van der Waals surface area contributed by atoms with Crippen molar-refractivity contribution in [2.75, 3.05) is 0 Å². The van der Waals surface area contributed by atoms with E-state index in [1.54, 1.807) is 31.2 Å². The summed E-state index contributed by atoms with van der Waals surface area (Å²) in [6.07, 6.45) is -1.10. The number of aliphatic hydroxyl groups excluding tert-OH is 1. The van der Waals surface area contributed by atoms with E-state index < -0.39 is 12.1 Å². The lowest BCUT2D eigenvalue weighted by Gasteiger charge is -2.11. The minimum absolute atomic E-state index is 0.355. The minimum Gasteiger partial charge on any atom is -0.380 e. The summed E-state index contributed by atoms with van der Waals surface area (Å²) in [6.45, 7) is 1.56. The van der Waals surface area contributed by atoms with Crippen molar-refractivity contribution in [2.24, 2.45) is 5.73 Å². The molecule has 0 saturated heterocycles. The van der Waals surface area contributed by atoms with Crippen LogP contribution in [-0.4, -0.2) is 16.9 Å². The molecule has 1 rings (SSSR count). The van der Waals surface area contributed by atoms with E-state index in [9.17, 15) is 9.90 Å². The van der Waals surface area contributed by atoms with Gasteiger partial charge in [-0.3, -0.25) is 4.79 Å². The Morgan fingerprint density at radius 2 is 1.92 bits per heavy atom. The van der Waals surface area contributed by atoms with Crippen LogP contribution in [0.25, 0.3) is 0 Å². The van der Waals surface area contributed by atoms with Gasteiger partial charge in [-0.1, -0.05) is 30.3 Å². The number of nitrogens with two attached hydrogens (primary N) is 1. The van der Waals surface area contributed by atoms with Crippen molar-refractivity contribution in [1.29, 1.82) is 0 Å². The first kappa shape index (κ1) is 9.89. The SMILES string of the molecule is C[C@H](N)C(=O)C(O)c1ccccc1. The van der Waals surface area contributed by atoms with Crippen LogP contribution < -0.4 is 5.73 Å². The van der Waals surface area contributed by atoms with Gasteiger partial charge in [0.1, 0.15) is 6.10 Å². The molecule has 0 aliphatic carbocycles. The Hall–Kier alpha value is -1.19. The molecule has 0 aliphatic rings. The molecule has 0 heterocycles. The zero-order chi connectivity index (χ0) is 9.84. The minimum atomic E-state index is -1.10. The first-order chi connectivity index (χ1) is 6.13. The van der Waals surface area contributed by atoms with Crippen LogP contribution in [0.2, 0.25) is 0 Å². The zero-order valence-corrected chi connectivity index (χ0v) is 7.47. The Morgan fingerprint density at radius 3 is 2.38 bits per heavy atom. The summed E-state index contributed by atoms with van der Waals surface area (Å²) in [7, 11) is 0. The quantitative estimate of drug-likeness (QED) is 0.715. The van der Waals surface area contributed by atoms with Gasteiger partial charge in [-0.05, 0) is 12.5 Å². The normalized spacial score (nSPS) is 15.0. The molecule has 3 heteroatoms. The van der Waals surface area contributed by atoms with E-state index in [2.05, 4.69) is 0 Å². The Balaban J connectivity index is 2.80. The topological polar surface area (TPSA) is 63.3 Å². The maximum absolute atomic E-state index is 11.3. The summed E-state index contributed by atoms with van der Waals surface area (Å²) >= 11 is 0. The molecule has 2 atom stereocenters. The molecule has 3 nitrogen and oxygen atoms in total. The lowest BCUT2D eigenvalue weighted by Crippen LogP contribution is -2.31. The molecule has 0 radical (unpaired) electrons. The number of aliphatic hydroxyl groups is 1. The first-order valence-electron chi connectivity index (χ1n) is 4.15. The van der Waals surface area contributed by atoms with Crippen molar-refractivity contribution in [1.82, 2.24) is 0 Å². The fourth-order valence-electron chi connectivity index (χ4n) is 1.05. The van der Waals surface area contributed by atoms with Gasteiger partial charge in [0.15, 0.2) is 5.78 Å². The van der Waals surface area contributed by atoms with E-state index in [-0.39, 0.29) is 5.78 Å². The number of ketones is 1. The molecule has 1 aromatic rings. The summed E-state index contributed by atoms with van der Waals surface area (Å²) in [5.41, 5.74) is 5.95. The highest BCUT2D eigenvalue weighted by atomic mass is 16.3. The first-order valence-corrected chi connectivity index (χ1v) is 4.15. The average Bonchev–Trinajstić information content (AvgIpc) is 2.17. The second-order valence-corrected chi connectivity index (χ2v) is 3.00. The zero-order valence-electron chi connectivity index (χ0n) is 7.47. The second-order valence-electron chi connectivity index (χ2n) is 3.00. The van der Waals surface area contributed by atoms with E-state index >= 15 is 0 Å². The highest BCUT2D eigenvalue weighted by molar-refractivity contribution is 5.88. The fourth-order valence-corrected chi connectivity index (χ4v) is 1.05. The molecule has 1 aromatic carbocycles. The van der Waals surface area contributed by atoms with Gasteiger partial charge in [0.05, 0.1) is 6.04 Å². The second kappa shape index (κ2) is 4.16. The predicted octanol–water partition coefficient (Wildman–Crippen LogP) is 0.636. The van der Waals surface area contributed by atoms with Crippen molar-refractivity contribution in [3.63, 3.8) is 0 Å². The molecule has 70 valence electrons. The number of carbonyl (C=O) groups excluding carboxylic acids is 1. The van der Waals surface area contributed by atoms with Crippen molar-refractivity contribution in [2.45, 2.75) is 19.1 Å². The van der Waals surface area contributed by atoms with E-state index in [0.29, 0.717) is 5.56 Å². The third kappa shape index (κ3) is 2.37. The van der Waals surface area contributed by atoms with Gasteiger partial charge in [0.2, 0.25) is 0 Å². The van der Waals surface area contributed by atoms with Crippen LogP contribution >= 0.6 is 0 Å². The average molecular weight is 179 g/mol. The summed E-state index contributed by atoms with van der Waals surface area (Å²) in [6, 6.07) is 8.14. The van der Waals surface area contributed by atoms with Crippen LogP contribution in [0.5, 0.6) is 0 Å². The Labute approximate surface area is 77.2 Å². The molecule has 0 bridgehead atoms. The van der Waals surface area contributed by atoms with Crippen LogP contribution in [-0.2, 0) is 4.79 Å². The number of hydrogen-bond donors (Lipinski definition) is 2. The highest BCUT2D eigenvalue weighted by Crippen LogP contribution is 2.13. The van der Waals surface area contributed by atoms with Crippen molar-refractivity contribution in [3.05, 3.63) is 35.9 Å². The maximum Gasteiger partial charge on any atom is 0.182 e. The summed E-state index contributed by atoms with van der Waals surface area (Å²) in [5, 5.41) is 9.53. The molecule has 0 spiro atoms. The van der Waals surface area contributed by atoms with Crippen LogP contribution in [0.1, 0.15) is 18.6 Å². The van der Waals surface area contributed by atoms with Crippen molar-refractivity contribution < 1.29 is 9.90 Å². The number of hydrogen-bond acceptors (Lipinski definition) is 3. The molecule has 3 N–H and O–H groups in total. The number of benzene rings is 1. The van der Waals surface area contributed by atoms with Crippen molar-refractivity contribution in [3.8, 4) is 0 Å². The standard InChI is InChI=1S/C10H13NO2/c1-7(11)9(12)10(13)8-5-3-2-4-6-8/h2-7,10,13H,11H2,1H3/t7-,10?/m0/s1. The number of carbonyl (C=O) groups is 1. The smallest absolute Gasteiger partial charge is 0.182 e. The molecule has 0 aliphatic heterocycles. The van der Waals surface area contributed by atoms with Crippen LogP contribution in [0, 0.1) is 0 Å². The fraction of sp³-hybridized carbons (Fsp3) is 0.300. The Bertz CT molecular complexity index is 282. The van der Waals surface area contributed by atoms with Gasteiger partial charge in [-0.2, -0.15) is 0 Å². The lowest BCUT2D eigenvalue weighted by molar-refractivity contribution is -0.128. The summed E-state index contributed by atoms with van der Waals surface area (Å²) < 4.78 is 0. The molecule has 0 fully saturated rings. The molecular weight excluding hydrogens is 166 g/mol. The largest absolute Gasteiger partial charge is 0.380 e. The molecular formula is C10H13NO2. The van der Waals surface area contributed by atoms with Crippen LogP contribution in [0.4, 0.5) is 0 Å². The van der Waals surface area contributed by atoms with E-state index in [0.717, 1.165) is 0 Å². The molecule has 13 heavy (non-hydrogen) atoms.